The van der Waals surface area contributed by atoms with Gasteiger partial charge in [-0.3, -0.25) is 0 Å². The van der Waals surface area contributed by atoms with Crippen molar-refractivity contribution in [1.29, 1.82) is 0 Å². The summed E-state index contributed by atoms with van der Waals surface area (Å²) >= 11 is 1.69. The fraction of sp³-hybridized carbons (Fsp3) is 0.200. The molecule has 18 heavy (non-hydrogen) atoms. The van der Waals surface area contributed by atoms with E-state index in [9.17, 15) is 0 Å². The molecule has 0 radical (unpaired) electrons. The highest BCUT2D eigenvalue weighted by molar-refractivity contribution is 7.98. The van der Waals surface area contributed by atoms with Gasteiger partial charge in [0.15, 0.2) is 0 Å². The Balaban J connectivity index is 2.06. The van der Waals surface area contributed by atoms with Gasteiger partial charge in [-0.05, 0) is 29.5 Å². The van der Waals surface area contributed by atoms with Gasteiger partial charge in [0.05, 0.1) is 0 Å². The maximum absolute atomic E-state index is 5.85. The van der Waals surface area contributed by atoms with E-state index in [0.717, 1.165) is 21.8 Å². The van der Waals surface area contributed by atoms with E-state index >= 15 is 0 Å². The smallest absolute Gasteiger partial charge is 0.133 e. The molecule has 0 aliphatic heterocycles. The summed E-state index contributed by atoms with van der Waals surface area (Å²) in [4.78, 5) is 1.16. The number of benzene rings is 2. The van der Waals surface area contributed by atoms with Crippen LogP contribution in [0.15, 0.2) is 53.4 Å². The molecule has 0 heterocycles. The van der Waals surface area contributed by atoms with Gasteiger partial charge >= 0.3 is 0 Å². The van der Waals surface area contributed by atoms with Crippen LogP contribution in [0.2, 0.25) is 0 Å². The normalized spacial score (nSPS) is 10.3. The lowest BCUT2D eigenvalue weighted by Crippen LogP contribution is -2.00. The van der Waals surface area contributed by atoms with Crippen molar-refractivity contribution in [3.8, 4) is 5.75 Å². The Morgan fingerprint density at radius 2 is 1.83 bits per heavy atom. The number of para-hydroxylation sites is 1. The summed E-state index contributed by atoms with van der Waals surface area (Å²) in [6.45, 7) is 1.14. The van der Waals surface area contributed by atoms with Crippen LogP contribution >= 0.6 is 11.8 Å². The highest BCUT2D eigenvalue weighted by atomic mass is 32.2. The molecule has 0 fully saturated rings. The first-order valence-corrected chi connectivity index (χ1v) is 7.09. The fourth-order valence-corrected chi connectivity index (χ4v) is 2.29. The Hall–Kier alpha value is -1.45. The third-order valence-corrected chi connectivity index (χ3v) is 3.47. The van der Waals surface area contributed by atoms with Crippen LogP contribution in [0.4, 0.5) is 0 Å². The molecule has 0 spiro atoms. The average molecular weight is 259 g/mol. The standard InChI is InChI=1S/C15H17NOS/c1-18-15-8-3-2-7-14(15)17-11-13-6-4-5-12(9-13)10-16/h2-9H,10-11,16H2,1H3. The van der Waals surface area contributed by atoms with Gasteiger partial charge < -0.3 is 10.5 Å². The molecule has 3 heteroatoms. The monoisotopic (exact) mass is 259 g/mol. The van der Waals surface area contributed by atoms with Crippen molar-refractivity contribution in [2.24, 2.45) is 5.73 Å². The van der Waals surface area contributed by atoms with Crippen LogP contribution in [-0.4, -0.2) is 6.26 Å². The van der Waals surface area contributed by atoms with Crippen molar-refractivity contribution in [1.82, 2.24) is 0 Å². The van der Waals surface area contributed by atoms with Gasteiger partial charge in [0, 0.05) is 11.4 Å². The number of hydrogen-bond acceptors (Lipinski definition) is 3. The quantitative estimate of drug-likeness (QED) is 0.835. The van der Waals surface area contributed by atoms with Gasteiger partial charge in [-0.25, -0.2) is 0 Å². The number of thioether (sulfide) groups is 1. The molecule has 0 aliphatic rings. The highest BCUT2D eigenvalue weighted by Crippen LogP contribution is 2.27. The van der Waals surface area contributed by atoms with E-state index in [1.165, 1.54) is 0 Å². The molecule has 0 bridgehead atoms. The van der Waals surface area contributed by atoms with Crippen molar-refractivity contribution >= 4 is 11.8 Å². The molecule has 0 aromatic heterocycles. The van der Waals surface area contributed by atoms with E-state index in [4.69, 9.17) is 10.5 Å². The lowest BCUT2D eigenvalue weighted by atomic mass is 10.1. The lowest BCUT2D eigenvalue weighted by molar-refractivity contribution is 0.299. The molecule has 2 N–H and O–H groups in total. The summed E-state index contributed by atoms with van der Waals surface area (Å²) in [5, 5.41) is 0. The summed E-state index contributed by atoms with van der Waals surface area (Å²) in [6, 6.07) is 16.3. The topological polar surface area (TPSA) is 35.2 Å². The van der Waals surface area contributed by atoms with Gasteiger partial charge in [-0.1, -0.05) is 36.4 Å². The molecule has 94 valence electrons. The first kappa shape index (κ1) is 13.0. The van der Waals surface area contributed by atoms with Crippen LogP contribution in [0.3, 0.4) is 0 Å². The Labute approximate surface area is 112 Å². The summed E-state index contributed by atoms with van der Waals surface area (Å²) < 4.78 is 5.85. The first-order chi connectivity index (χ1) is 8.83. The van der Waals surface area contributed by atoms with Gasteiger partial charge in [0.2, 0.25) is 0 Å². The van der Waals surface area contributed by atoms with Gasteiger partial charge in [-0.15, -0.1) is 11.8 Å². The van der Waals surface area contributed by atoms with E-state index in [2.05, 4.69) is 24.5 Å². The zero-order valence-electron chi connectivity index (χ0n) is 10.4. The molecular formula is C15H17NOS. The molecule has 2 rings (SSSR count). The Kier molecular flexibility index (Phi) is 4.67. The summed E-state index contributed by atoms with van der Waals surface area (Å²) in [5.74, 6) is 0.933. The summed E-state index contributed by atoms with van der Waals surface area (Å²) in [5.41, 5.74) is 7.91. The predicted molar refractivity (Wildman–Crippen MR) is 76.9 cm³/mol. The van der Waals surface area contributed by atoms with Gasteiger partial charge in [0.25, 0.3) is 0 Å². The SMILES string of the molecule is CSc1ccccc1OCc1cccc(CN)c1. The molecule has 2 aromatic carbocycles. The zero-order chi connectivity index (χ0) is 12.8. The second kappa shape index (κ2) is 6.47. The Morgan fingerprint density at radius 1 is 1.06 bits per heavy atom. The largest absolute Gasteiger partial charge is 0.488 e. The minimum absolute atomic E-state index is 0.565. The first-order valence-electron chi connectivity index (χ1n) is 5.87. The van der Waals surface area contributed by atoms with Crippen LogP contribution < -0.4 is 10.5 Å². The second-order valence-corrected chi connectivity index (χ2v) is 4.81. The molecule has 2 aromatic rings. The molecule has 0 amide bonds. The Morgan fingerprint density at radius 3 is 2.61 bits per heavy atom. The minimum atomic E-state index is 0.565. The maximum Gasteiger partial charge on any atom is 0.133 e. The number of nitrogens with two attached hydrogens (primary N) is 1. The van der Waals surface area contributed by atoms with E-state index < -0.39 is 0 Å². The summed E-state index contributed by atoms with van der Waals surface area (Å²) in [6.07, 6.45) is 2.05. The van der Waals surface area contributed by atoms with E-state index in [0.29, 0.717) is 13.2 Å². The fourth-order valence-electron chi connectivity index (χ4n) is 1.75. The van der Waals surface area contributed by atoms with Crippen molar-refractivity contribution in [3.63, 3.8) is 0 Å². The molecule has 0 aliphatic carbocycles. The zero-order valence-corrected chi connectivity index (χ0v) is 11.2. The van der Waals surface area contributed by atoms with Crippen LogP contribution in [0.1, 0.15) is 11.1 Å². The predicted octanol–water partition coefficient (Wildman–Crippen LogP) is 3.45. The lowest BCUT2D eigenvalue weighted by Gasteiger charge is -2.10. The number of rotatable bonds is 5. The Bertz CT molecular complexity index is 513. The number of hydrogen-bond donors (Lipinski definition) is 1. The van der Waals surface area contributed by atoms with Crippen molar-refractivity contribution in [3.05, 3.63) is 59.7 Å². The highest BCUT2D eigenvalue weighted by Gasteiger charge is 2.02. The molecule has 0 saturated carbocycles. The molecule has 0 saturated heterocycles. The number of ether oxygens (including phenoxy) is 1. The molecular weight excluding hydrogens is 242 g/mol. The van der Waals surface area contributed by atoms with Gasteiger partial charge in [-0.2, -0.15) is 0 Å². The molecule has 0 atom stereocenters. The van der Waals surface area contributed by atoms with Crippen molar-refractivity contribution < 1.29 is 4.74 Å². The van der Waals surface area contributed by atoms with Crippen LogP contribution in [0.25, 0.3) is 0 Å². The van der Waals surface area contributed by atoms with Crippen LogP contribution in [-0.2, 0) is 13.2 Å². The van der Waals surface area contributed by atoms with Crippen LogP contribution in [0.5, 0.6) is 5.75 Å². The second-order valence-electron chi connectivity index (χ2n) is 3.96. The van der Waals surface area contributed by atoms with Gasteiger partial charge in [0.1, 0.15) is 12.4 Å². The molecule has 0 unspecified atom stereocenters. The minimum Gasteiger partial charge on any atom is -0.488 e. The van der Waals surface area contributed by atoms with Crippen LogP contribution in [0, 0.1) is 0 Å². The third kappa shape index (κ3) is 3.28. The van der Waals surface area contributed by atoms with Crippen molar-refractivity contribution in [2.45, 2.75) is 18.0 Å². The van der Waals surface area contributed by atoms with Crippen molar-refractivity contribution in [2.75, 3.05) is 6.26 Å². The molecule has 2 nitrogen and oxygen atoms in total. The summed E-state index contributed by atoms with van der Waals surface area (Å²) in [7, 11) is 0. The average Bonchev–Trinajstić information content (AvgIpc) is 2.45. The van der Waals surface area contributed by atoms with E-state index in [1.54, 1.807) is 11.8 Å². The van der Waals surface area contributed by atoms with E-state index in [1.807, 2.05) is 30.3 Å². The third-order valence-electron chi connectivity index (χ3n) is 2.69. The van der Waals surface area contributed by atoms with E-state index in [-0.39, 0.29) is 0 Å². The maximum atomic E-state index is 5.85.